The number of hydrogen-bond acceptors (Lipinski definition) is 3. The number of ether oxygens (including phenoxy) is 1. The van der Waals surface area contributed by atoms with E-state index in [0.29, 0.717) is 5.75 Å². The highest BCUT2D eigenvalue weighted by molar-refractivity contribution is 9.10. The summed E-state index contributed by atoms with van der Waals surface area (Å²) in [7, 11) is 0. The summed E-state index contributed by atoms with van der Waals surface area (Å²) >= 11 is 3.32. The van der Waals surface area contributed by atoms with Crippen LogP contribution in [-0.2, 0) is 4.79 Å². The first-order chi connectivity index (χ1) is 6.11. The standard InChI is InChI=1S/C9H10BrNO2/c1-6(12)5-13-9-7(2)11-4-3-8(9)10/h3-4H,5H2,1-2H3. The Kier molecular flexibility index (Phi) is 3.42. The van der Waals surface area contributed by atoms with Crippen LogP contribution < -0.4 is 4.74 Å². The topological polar surface area (TPSA) is 39.2 Å². The van der Waals surface area contributed by atoms with E-state index in [9.17, 15) is 4.79 Å². The number of rotatable bonds is 3. The molecule has 0 amide bonds. The van der Waals surface area contributed by atoms with Gasteiger partial charge < -0.3 is 4.74 Å². The van der Waals surface area contributed by atoms with Gasteiger partial charge in [-0.25, -0.2) is 0 Å². The lowest BCUT2D eigenvalue weighted by Crippen LogP contribution is -2.08. The van der Waals surface area contributed by atoms with Crippen molar-refractivity contribution in [3.05, 3.63) is 22.4 Å². The molecule has 0 aliphatic rings. The Morgan fingerprint density at radius 1 is 1.69 bits per heavy atom. The van der Waals surface area contributed by atoms with Crippen LogP contribution in [0.1, 0.15) is 12.6 Å². The fraction of sp³-hybridized carbons (Fsp3) is 0.333. The third-order valence-electron chi connectivity index (χ3n) is 1.45. The zero-order chi connectivity index (χ0) is 9.84. The van der Waals surface area contributed by atoms with Crippen LogP contribution >= 0.6 is 15.9 Å². The van der Waals surface area contributed by atoms with E-state index in [-0.39, 0.29) is 12.4 Å². The Balaban J connectivity index is 2.81. The van der Waals surface area contributed by atoms with Crippen LogP contribution in [-0.4, -0.2) is 17.4 Å². The first-order valence-electron chi connectivity index (χ1n) is 3.84. The van der Waals surface area contributed by atoms with Crippen LogP contribution in [0.15, 0.2) is 16.7 Å². The van der Waals surface area contributed by atoms with Crippen molar-refractivity contribution in [1.82, 2.24) is 4.98 Å². The van der Waals surface area contributed by atoms with Crippen molar-refractivity contribution < 1.29 is 9.53 Å². The van der Waals surface area contributed by atoms with E-state index >= 15 is 0 Å². The summed E-state index contributed by atoms with van der Waals surface area (Å²) in [6, 6.07) is 1.78. The van der Waals surface area contributed by atoms with Gasteiger partial charge in [0.2, 0.25) is 0 Å². The van der Waals surface area contributed by atoms with Crippen molar-refractivity contribution >= 4 is 21.7 Å². The van der Waals surface area contributed by atoms with Gasteiger partial charge in [-0.05, 0) is 35.8 Å². The Morgan fingerprint density at radius 2 is 2.38 bits per heavy atom. The number of pyridine rings is 1. The molecule has 1 aromatic heterocycles. The molecular formula is C9H10BrNO2. The summed E-state index contributed by atoms with van der Waals surface area (Å²) in [6.45, 7) is 3.41. The van der Waals surface area contributed by atoms with Gasteiger partial charge in [-0.2, -0.15) is 0 Å². The number of halogens is 1. The molecule has 13 heavy (non-hydrogen) atoms. The summed E-state index contributed by atoms with van der Waals surface area (Å²) in [5.41, 5.74) is 0.774. The van der Waals surface area contributed by atoms with Gasteiger partial charge >= 0.3 is 0 Å². The van der Waals surface area contributed by atoms with Crippen LogP contribution in [0.4, 0.5) is 0 Å². The summed E-state index contributed by atoms with van der Waals surface area (Å²) in [6.07, 6.45) is 1.68. The van der Waals surface area contributed by atoms with Gasteiger partial charge in [0, 0.05) is 6.20 Å². The molecule has 0 spiro atoms. The molecule has 0 radical (unpaired) electrons. The normalized spacial score (nSPS) is 9.77. The van der Waals surface area contributed by atoms with E-state index in [2.05, 4.69) is 20.9 Å². The molecule has 0 saturated heterocycles. The lowest BCUT2D eigenvalue weighted by Gasteiger charge is -2.07. The summed E-state index contributed by atoms with van der Waals surface area (Å²) < 4.78 is 6.09. The van der Waals surface area contributed by atoms with Crippen LogP contribution in [0.25, 0.3) is 0 Å². The fourth-order valence-corrected chi connectivity index (χ4v) is 1.39. The van der Waals surface area contributed by atoms with E-state index in [1.165, 1.54) is 6.92 Å². The number of hydrogen-bond donors (Lipinski definition) is 0. The number of carbonyl (C=O) groups is 1. The van der Waals surface area contributed by atoms with E-state index in [1.807, 2.05) is 6.92 Å². The van der Waals surface area contributed by atoms with Crippen molar-refractivity contribution in [3.63, 3.8) is 0 Å². The molecule has 0 bridgehead atoms. The highest BCUT2D eigenvalue weighted by Crippen LogP contribution is 2.26. The summed E-state index contributed by atoms with van der Waals surface area (Å²) in [4.78, 5) is 14.7. The van der Waals surface area contributed by atoms with Crippen molar-refractivity contribution in [2.75, 3.05) is 6.61 Å². The van der Waals surface area contributed by atoms with E-state index in [1.54, 1.807) is 12.3 Å². The van der Waals surface area contributed by atoms with Crippen molar-refractivity contribution in [1.29, 1.82) is 0 Å². The number of Topliss-reactive ketones (excluding diaryl/α,β-unsaturated/α-hetero) is 1. The number of ketones is 1. The smallest absolute Gasteiger partial charge is 0.167 e. The second kappa shape index (κ2) is 4.37. The molecule has 0 N–H and O–H groups in total. The first-order valence-corrected chi connectivity index (χ1v) is 4.64. The monoisotopic (exact) mass is 243 g/mol. The summed E-state index contributed by atoms with van der Waals surface area (Å²) in [5, 5.41) is 0. The van der Waals surface area contributed by atoms with Crippen molar-refractivity contribution in [2.45, 2.75) is 13.8 Å². The fourth-order valence-electron chi connectivity index (χ4n) is 0.869. The van der Waals surface area contributed by atoms with Gasteiger partial charge in [-0.15, -0.1) is 0 Å². The molecule has 0 unspecified atom stereocenters. The second-order valence-electron chi connectivity index (χ2n) is 2.70. The highest BCUT2D eigenvalue weighted by atomic mass is 79.9. The Labute approximate surface area is 85.3 Å². The molecule has 0 saturated carbocycles. The number of aromatic nitrogens is 1. The lowest BCUT2D eigenvalue weighted by molar-refractivity contribution is -0.118. The molecule has 1 aromatic rings. The largest absolute Gasteiger partial charge is 0.483 e. The molecule has 1 rings (SSSR count). The zero-order valence-corrected chi connectivity index (χ0v) is 9.09. The molecule has 4 heteroatoms. The molecule has 0 aliphatic carbocycles. The van der Waals surface area contributed by atoms with Crippen LogP contribution in [0.3, 0.4) is 0 Å². The minimum atomic E-state index is -0.00449. The molecule has 3 nitrogen and oxygen atoms in total. The van der Waals surface area contributed by atoms with Gasteiger partial charge in [0.1, 0.15) is 6.61 Å². The third-order valence-corrected chi connectivity index (χ3v) is 2.08. The average Bonchev–Trinajstić information content (AvgIpc) is 2.03. The Hall–Kier alpha value is -0.900. The number of nitrogens with zero attached hydrogens (tertiary/aromatic N) is 1. The maximum absolute atomic E-state index is 10.7. The van der Waals surface area contributed by atoms with Crippen molar-refractivity contribution in [3.8, 4) is 5.75 Å². The Bertz CT molecular complexity index is 305. The summed E-state index contributed by atoms with van der Waals surface area (Å²) in [5.74, 6) is 0.632. The van der Waals surface area contributed by atoms with Crippen LogP contribution in [0, 0.1) is 6.92 Å². The molecule has 0 atom stereocenters. The molecule has 1 heterocycles. The lowest BCUT2D eigenvalue weighted by atomic mass is 10.3. The van der Waals surface area contributed by atoms with Gasteiger partial charge in [-0.3, -0.25) is 9.78 Å². The van der Waals surface area contributed by atoms with Gasteiger partial charge in [0.05, 0.1) is 10.2 Å². The SMILES string of the molecule is CC(=O)COc1c(Br)ccnc1C. The van der Waals surface area contributed by atoms with Gasteiger partial charge in [0.15, 0.2) is 11.5 Å². The minimum absolute atomic E-state index is 0.00449. The molecule has 0 aliphatic heterocycles. The van der Waals surface area contributed by atoms with Crippen molar-refractivity contribution in [2.24, 2.45) is 0 Å². The van der Waals surface area contributed by atoms with Crippen LogP contribution in [0.5, 0.6) is 5.75 Å². The van der Waals surface area contributed by atoms with Crippen LogP contribution in [0.2, 0.25) is 0 Å². The van der Waals surface area contributed by atoms with E-state index in [4.69, 9.17) is 4.74 Å². The zero-order valence-electron chi connectivity index (χ0n) is 7.50. The predicted octanol–water partition coefficient (Wildman–Crippen LogP) is 2.12. The third kappa shape index (κ3) is 2.81. The second-order valence-corrected chi connectivity index (χ2v) is 3.55. The predicted molar refractivity (Wildman–Crippen MR) is 52.9 cm³/mol. The Morgan fingerprint density at radius 3 is 2.92 bits per heavy atom. The molecule has 70 valence electrons. The molecule has 0 fully saturated rings. The number of aryl methyl sites for hydroxylation is 1. The highest BCUT2D eigenvalue weighted by Gasteiger charge is 2.06. The van der Waals surface area contributed by atoms with Gasteiger partial charge in [0.25, 0.3) is 0 Å². The molecular weight excluding hydrogens is 234 g/mol. The first kappa shape index (κ1) is 10.2. The minimum Gasteiger partial charge on any atom is -0.483 e. The quantitative estimate of drug-likeness (QED) is 0.817. The average molecular weight is 244 g/mol. The van der Waals surface area contributed by atoms with E-state index in [0.717, 1.165) is 10.2 Å². The number of carbonyl (C=O) groups excluding carboxylic acids is 1. The van der Waals surface area contributed by atoms with E-state index < -0.39 is 0 Å². The van der Waals surface area contributed by atoms with Gasteiger partial charge in [-0.1, -0.05) is 0 Å². The maximum atomic E-state index is 10.7. The molecule has 0 aromatic carbocycles. The maximum Gasteiger partial charge on any atom is 0.167 e.